The molecule has 0 spiro atoms. The molecule has 2 saturated heterocycles. The molecule has 0 N–H and O–H groups in total. The molecule has 2 bridgehead atoms. The maximum Gasteiger partial charge on any atom is 0.340 e. The molecule has 0 radical (unpaired) electrons. The third-order valence-electron chi connectivity index (χ3n) is 5.91. The number of para-hydroxylation sites is 1. The van der Waals surface area contributed by atoms with Gasteiger partial charge in [0.15, 0.2) is 5.82 Å². The summed E-state index contributed by atoms with van der Waals surface area (Å²) in [6.45, 7) is 1.34. The van der Waals surface area contributed by atoms with Crippen molar-refractivity contribution in [3.63, 3.8) is 0 Å². The molecule has 1 aromatic carbocycles. The van der Waals surface area contributed by atoms with Gasteiger partial charge in [-0.15, -0.1) is 10.2 Å². The highest BCUT2D eigenvalue weighted by Gasteiger charge is 2.38. The average molecular weight is 396 g/mol. The first kappa shape index (κ1) is 18.2. The Morgan fingerprint density at radius 1 is 1.14 bits per heavy atom. The van der Waals surface area contributed by atoms with E-state index in [1.54, 1.807) is 10.8 Å². The molecular formula is C21H21FN4O3. The van der Waals surface area contributed by atoms with Gasteiger partial charge in [0, 0.05) is 36.5 Å². The van der Waals surface area contributed by atoms with Crippen LogP contribution in [0.4, 0.5) is 4.39 Å². The minimum Gasteiger partial charge on any atom is -0.459 e. The number of nitrogens with zero attached hydrogens (tertiary/aromatic N) is 4. The van der Waals surface area contributed by atoms with Gasteiger partial charge in [-0.1, -0.05) is 18.2 Å². The van der Waals surface area contributed by atoms with Gasteiger partial charge in [0.1, 0.15) is 6.10 Å². The van der Waals surface area contributed by atoms with Crippen LogP contribution in [0, 0.1) is 5.95 Å². The molecule has 0 amide bonds. The van der Waals surface area contributed by atoms with Gasteiger partial charge in [0.25, 0.3) is 0 Å². The van der Waals surface area contributed by atoms with Crippen molar-refractivity contribution >= 4 is 16.9 Å². The molecule has 4 heterocycles. The van der Waals surface area contributed by atoms with Crippen LogP contribution in [0.3, 0.4) is 0 Å². The summed E-state index contributed by atoms with van der Waals surface area (Å²) in [4.78, 5) is 15.4. The first-order valence-electron chi connectivity index (χ1n) is 9.70. The van der Waals surface area contributed by atoms with E-state index < -0.39 is 5.95 Å². The summed E-state index contributed by atoms with van der Waals surface area (Å²) in [6, 6.07) is 10.8. The minimum atomic E-state index is -0.651. The van der Waals surface area contributed by atoms with Crippen LogP contribution in [0.1, 0.15) is 23.2 Å². The molecule has 0 aliphatic carbocycles. The summed E-state index contributed by atoms with van der Waals surface area (Å²) >= 11 is 0. The Labute approximate surface area is 167 Å². The van der Waals surface area contributed by atoms with E-state index in [0.717, 1.165) is 23.7 Å². The molecule has 5 rings (SSSR count). The molecule has 29 heavy (non-hydrogen) atoms. The molecule has 1 unspecified atom stereocenters. The molecule has 2 aliphatic rings. The minimum absolute atomic E-state index is 0.134. The number of aromatic nitrogens is 3. The summed E-state index contributed by atoms with van der Waals surface area (Å²) in [5.41, 5.74) is 1.25. The Morgan fingerprint density at radius 2 is 1.90 bits per heavy atom. The van der Waals surface area contributed by atoms with Gasteiger partial charge in [-0.05, 0) is 25.2 Å². The van der Waals surface area contributed by atoms with Gasteiger partial charge in [0.2, 0.25) is 5.95 Å². The second-order valence-electron chi connectivity index (χ2n) is 7.65. The SMILES string of the molecule is CN1[C@@H]2COC[C@H]1CC(OC(=O)c1cn(-c3ccc(F)nn3)c3ccccc13)C2. The fourth-order valence-corrected chi connectivity index (χ4v) is 4.33. The van der Waals surface area contributed by atoms with Crippen molar-refractivity contribution in [2.75, 3.05) is 20.3 Å². The normalized spacial score (nSPS) is 24.6. The predicted octanol–water partition coefficient (Wildman–Crippen LogP) is 2.58. The smallest absolute Gasteiger partial charge is 0.340 e. The molecule has 2 aromatic heterocycles. The number of piperidine rings is 1. The van der Waals surface area contributed by atoms with Crippen molar-refractivity contribution in [2.45, 2.75) is 31.0 Å². The number of hydrogen-bond donors (Lipinski definition) is 0. The molecule has 0 saturated carbocycles. The van der Waals surface area contributed by atoms with Gasteiger partial charge in [0.05, 0.1) is 24.3 Å². The van der Waals surface area contributed by atoms with Gasteiger partial charge in [-0.25, -0.2) is 4.79 Å². The lowest BCUT2D eigenvalue weighted by Crippen LogP contribution is -2.56. The topological polar surface area (TPSA) is 69.5 Å². The van der Waals surface area contributed by atoms with Crippen molar-refractivity contribution < 1.29 is 18.7 Å². The van der Waals surface area contributed by atoms with Crippen LogP contribution < -0.4 is 0 Å². The van der Waals surface area contributed by atoms with Crippen LogP contribution in [0.5, 0.6) is 0 Å². The van der Waals surface area contributed by atoms with Crippen molar-refractivity contribution in [2.24, 2.45) is 0 Å². The number of esters is 1. The zero-order valence-electron chi connectivity index (χ0n) is 16.0. The monoisotopic (exact) mass is 396 g/mol. The number of benzene rings is 1. The van der Waals surface area contributed by atoms with Crippen molar-refractivity contribution in [3.8, 4) is 5.82 Å². The number of hydrogen-bond acceptors (Lipinski definition) is 6. The number of carbonyl (C=O) groups excluding carboxylic acids is 1. The molecule has 2 fully saturated rings. The molecule has 3 atom stereocenters. The first-order valence-corrected chi connectivity index (χ1v) is 9.70. The van der Waals surface area contributed by atoms with Crippen molar-refractivity contribution in [1.29, 1.82) is 0 Å². The maximum absolute atomic E-state index is 13.2. The second-order valence-corrected chi connectivity index (χ2v) is 7.65. The largest absolute Gasteiger partial charge is 0.459 e. The Bertz CT molecular complexity index is 1040. The number of rotatable bonds is 3. The quantitative estimate of drug-likeness (QED) is 0.634. The molecule has 8 heteroatoms. The summed E-state index contributed by atoms with van der Waals surface area (Å²) < 4.78 is 26.4. The van der Waals surface area contributed by atoms with E-state index in [4.69, 9.17) is 9.47 Å². The van der Waals surface area contributed by atoms with E-state index in [1.165, 1.54) is 12.1 Å². The van der Waals surface area contributed by atoms with Crippen molar-refractivity contribution in [1.82, 2.24) is 19.7 Å². The Hall–Kier alpha value is -2.84. The molecule has 150 valence electrons. The summed E-state index contributed by atoms with van der Waals surface area (Å²) in [5, 5.41) is 8.14. The van der Waals surface area contributed by atoms with Gasteiger partial charge >= 0.3 is 5.97 Å². The summed E-state index contributed by atoms with van der Waals surface area (Å²) in [5.74, 6) is -0.571. The van der Waals surface area contributed by atoms with E-state index in [-0.39, 0.29) is 24.2 Å². The van der Waals surface area contributed by atoms with Crippen LogP contribution in [0.15, 0.2) is 42.6 Å². The van der Waals surface area contributed by atoms with E-state index >= 15 is 0 Å². The lowest BCUT2D eigenvalue weighted by molar-refractivity contribution is -0.0970. The zero-order valence-corrected chi connectivity index (χ0v) is 16.0. The highest BCUT2D eigenvalue weighted by Crippen LogP contribution is 2.30. The van der Waals surface area contributed by atoms with Gasteiger partial charge in [-0.2, -0.15) is 4.39 Å². The molecule has 2 aliphatic heterocycles. The zero-order chi connectivity index (χ0) is 20.0. The van der Waals surface area contributed by atoms with Crippen LogP contribution in [0.25, 0.3) is 16.7 Å². The van der Waals surface area contributed by atoms with E-state index in [2.05, 4.69) is 22.1 Å². The number of fused-ring (bicyclic) bond motifs is 3. The fraction of sp³-hybridized carbons (Fsp3) is 0.381. The van der Waals surface area contributed by atoms with Crippen LogP contribution >= 0.6 is 0 Å². The Kier molecular flexibility index (Phi) is 4.52. The highest BCUT2D eigenvalue weighted by atomic mass is 19.1. The molecular weight excluding hydrogens is 375 g/mol. The maximum atomic E-state index is 13.2. The number of ether oxygens (including phenoxy) is 2. The lowest BCUT2D eigenvalue weighted by atomic mass is 9.92. The third-order valence-corrected chi connectivity index (χ3v) is 5.91. The third kappa shape index (κ3) is 3.28. The first-order chi connectivity index (χ1) is 14.1. The Balaban J connectivity index is 1.44. The second kappa shape index (κ2) is 7.20. The average Bonchev–Trinajstić information content (AvgIpc) is 3.09. The molecule has 7 nitrogen and oxygen atoms in total. The van der Waals surface area contributed by atoms with Crippen molar-refractivity contribution in [3.05, 3.63) is 54.1 Å². The van der Waals surface area contributed by atoms with Crippen LogP contribution in [-0.2, 0) is 9.47 Å². The van der Waals surface area contributed by atoms with Gasteiger partial charge < -0.3 is 9.47 Å². The summed E-state index contributed by atoms with van der Waals surface area (Å²) in [6.07, 6.45) is 3.08. The lowest BCUT2D eigenvalue weighted by Gasteiger charge is -2.46. The number of likely N-dealkylation sites (N-methyl/N-ethyl adjacent to an activating group) is 1. The number of carbonyl (C=O) groups is 1. The number of halogens is 1. The van der Waals surface area contributed by atoms with Crippen LogP contribution in [-0.4, -0.2) is 64.1 Å². The highest BCUT2D eigenvalue weighted by molar-refractivity contribution is 6.04. The number of morpholine rings is 1. The van der Waals surface area contributed by atoms with E-state index in [9.17, 15) is 9.18 Å². The van der Waals surface area contributed by atoms with Gasteiger partial charge in [-0.3, -0.25) is 9.47 Å². The standard InChI is InChI=1S/C21H21FN4O3/c1-25-13-8-15(9-14(25)12-28-11-13)29-21(27)17-10-26(18-5-3-2-4-16(17)18)20-7-6-19(22)23-24-20/h2-7,10,13-15H,8-9,11-12H2,1H3/t13-,14+,15?. The fourth-order valence-electron chi connectivity index (χ4n) is 4.33. The predicted molar refractivity (Wildman–Crippen MR) is 103 cm³/mol. The summed E-state index contributed by atoms with van der Waals surface area (Å²) in [7, 11) is 2.10. The van der Waals surface area contributed by atoms with Crippen LogP contribution in [0.2, 0.25) is 0 Å². The Morgan fingerprint density at radius 3 is 2.62 bits per heavy atom. The van der Waals surface area contributed by atoms with E-state index in [0.29, 0.717) is 24.6 Å². The van der Waals surface area contributed by atoms with E-state index in [1.807, 2.05) is 24.3 Å². The molecule has 3 aromatic rings.